The molecule has 0 saturated carbocycles. The molecule has 0 N–H and O–H groups in total. The molecule has 1 unspecified atom stereocenters. The Hall–Kier alpha value is -2.60. The lowest BCUT2D eigenvalue weighted by Crippen LogP contribution is -2.30. The molecule has 26 heavy (non-hydrogen) atoms. The number of methoxy groups -OCH3 is 1. The lowest BCUT2D eigenvalue weighted by Gasteiger charge is -2.23. The lowest BCUT2D eigenvalue weighted by atomic mass is 10.1. The van der Waals surface area contributed by atoms with E-state index in [2.05, 4.69) is 21.9 Å². The zero-order chi connectivity index (χ0) is 18.1. The first kappa shape index (κ1) is 16.8. The Kier molecular flexibility index (Phi) is 4.51. The van der Waals surface area contributed by atoms with E-state index in [0.717, 1.165) is 36.4 Å². The van der Waals surface area contributed by atoms with Gasteiger partial charge in [0.15, 0.2) is 5.69 Å². The van der Waals surface area contributed by atoms with Crippen molar-refractivity contribution in [3.8, 4) is 11.4 Å². The lowest BCUT2D eigenvalue weighted by molar-refractivity contribution is 0.0729. The van der Waals surface area contributed by atoms with Crippen LogP contribution in [0.5, 0.6) is 5.75 Å². The van der Waals surface area contributed by atoms with Crippen molar-refractivity contribution in [1.29, 1.82) is 0 Å². The number of carbonyl (C=O) groups is 1. The average molecular weight is 367 g/mol. The van der Waals surface area contributed by atoms with Gasteiger partial charge in [0.05, 0.1) is 13.2 Å². The van der Waals surface area contributed by atoms with Crippen LogP contribution in [0.15, 0.2) is 47.3 Å². The number of nitrogens with zero attached hydrogens (tertiary/aromatic N) is 3. The molecule has 134 valence electrons. The van der Waals surface area contributed by atoms with Crippen molar-refractivity contribution in [2.45, 2.75) is 25.8 Å². The first-order valence-corrected chi connectivity index (χ1v) is 9.65. The third kappa shape index (κ3) is 3.01. The van der Waals surface area contributed by atoms with Gasteiger partial charge in [0, 0.05) is 12.7 Å². The van der Waals surface area contributed by atoms with Crippen LogP contribution < -0.4 is 4.74 Å². The highest BCUT2D eigenvalue weighted by atomic mass is 32.1. The maximum atomic E-state index is 13.0. The Morgan fingerprint density at radius 1 is 1.31 bits per heavy atom. The molecule has 0 bridgehead atoms. The monoisotopic (exact) mass is 367 g/mol. The summed E-state index contributed by atoms with van der Waals surface area (Å²) in [6.07, 6.45) is 3.85. The van der Waals surface area contributed by atoms with Crippen molar-refractivity contribution >= 4 is 17.2 Å². The smallest absolute Gasteiger partial charge is 0.274 e. The highest BCUT2D eigenvalue weighted by Gasteiger charge is 2.31. The van der Waals surface area contributed by atoms with Crippen LogP contribution in [0, 0.1) is 6.92 Å². The van der Waals surface area contributed by atoms with Crippen LogP contribution in [0.2, 0.25) is 0 Å². The van der Waals surface area contributed by atoms with Crippen molar-refractivity contribution in [1.82, 2.24) is 14.7 Å². The normalized spacial score (nSPS) is 16.8. The van der Waals surface area contributed by atoms with Crippen LogP contribution in [0.3, 0.4) is 0 Å². The zero-order valence-electron chi connectivity index (χ0n) is 14.9. The number of aromatic nitrogens is 2. The summed E-state index contributed by atoms with van der Waals surface area (Å²) in [4.78, 5) is 15.0. The van der Waals surface area contributed by atoms with Gasteiger partial charge < -0.3 is 9.64 Å². The third-order valence-electron chi connectivity index (χ3n) is 4.83. The highest BCUT2D eigenvalue weighted by molar-refractivity contribution is 7.08. The van der Waals surface area contributed by atoms with E-state index in [9.17, 15) is 4.79 Å². The van der Waals surface area contributed by atoms with Gasteiger partial charge in [-0.15, -0.1) is 0 Å². The summed E-state index contributed by atoms with van der Waals surface area (Å²) in [7, 11) is 1.64. The minimum Gasteiger partial charge on any atom is -0.494 e. The van der Waals surface area contributed by atoms with Crippen molar-refractivity contribution in [3.05, 3.63) is 64.1 Å². The second kappa shape index (κ2) is 6.96. The largest absolute Gasteiger partial charge is 0.494 e. The van der Waals surface area contributed by atoms with Gasteiger partial charge in [-0.1, -0.05) is 6.07 Å². The molecule has 3 aromatic rings. The maximum absolute atomic E-state index is 13.0. The average Bonchev–Trinajstić information content (AvgIpc) is 3.41. The standard InChI is InChI=1S/C20H21N3O2S/c1-14-5-6-19(25-2)18(12-14)23-10-7-16(21-23)20(24)22-9-3-4-17(22)15-8-11-26-13-15/h5-8,10-13,17H,3-4,9H2,1-2H3. The second-order valence-electron chi connectivity index (χ2n) is 6.53. The number of thiophene rings is 1. The van der Waals surface area contributed by atoms with E-state index in [0.29, 0.717) is 5.69 Å². The molecule has 1 aliphatic rings. The van der Waals surface area contributed by atoms with Crippen molar-refractivity contribution in [2.75, 3.05) is 13.7 Å². The van der Waals surface area contributed by atoms with Crippen molar-refractivity contribution in [3.63, 3.8) is 0 Å². The molecule has 5 nitrogen and oxygen atoms in total. The number of aryl methyl sites for hydroxylation is 1. The number of rotatable bonds is 4. The topological polar surface area (TPSA) is 47.4 Å². The Balaban J connectivity index is 1.62. The Bertz CT molecular complexity index is 917. The fourth-order valence-electron chi connectivity index (χ4n) is 3.52. The van der Waals surface area contributed by atoms with E-state index in [4.69, 9.17) is 4.74 Å². The molecule has 1 fully saturated rings. The van der Waals surface area contributed by atoms with Gasteiger partial charge in [0.2, 0.25) is 0 Å². The molecule has 2 aromatic heterocycles. The molecule has 1 amide bonds. The highest BCUT2D eigenvalue weighted by Crippen LogP contribution is 2.34. The Labute approximate surface area is 156 Å². The van der Waals surface area contributed by atoms with Crippen LogP contribution >= 0.6 is 11.3 Å². The fourth-order valence-corrected chi connectivity index (χ4v) is 4.23. The quantitative estimate of drug-likeness (QED) is 0.693. The van der Waals surface area contributed by atoms with E-state index < -0.39 is 0 Å². The molecule has 6 heteroatoms. The number of likely N-dealkylation sites (tertiary alicyclic amines) is 1. The van der Waals surface area contributed by atoms with Gasteiger partial charge in [-0.3, -0.25) is 4.79 Å². The van der Waals surface area contributed by atoms with Crippen molar-refractivity contribution in [2.24, 2.45) is 0 Å². The minimum atomic E-state index is -0.0101. The van der Waals surface area contributed by atoms with Gasteiger partial charge in [0.25, 0.3) is 5.91 Å². The summed E-state index contributed by atoms with van der Waals surface area (Å²) >= 11 is 1.67. The molecule has 3 heterocycles. The summed E-state index contributed by atoms with van der Waals surface area (Å²) < 4.78 is 7.15. The van der Waals surface area contributed by atoms with E-state index in [1.807, 2.05) is 36.2 Å². The van der Waals surface area contributed by atoms with E-state index in [1.165, 1.54) is 5.56 Å². The summed E-state index contributed by atoms with van der Waals surface area (Å²) in [5.74, 6) is 0.721. The molecule has 1 saturated heterocycles. The number of benzene rings is 1. The number of hydrogen-bond acceptors (Lipinski definition) is 4. The summed E-state index contributed by atoms with van der Waals surface area (Å²) in [5, 5.41) is 8.73. The first-order chi connectivity index (χ1) is 12.7. The van der Waals surface area contributed by atoms with Crippen LogP contribution in [-0.2, 0) is 0 Å². The predicted molar refractivity (Wildman–Crippen MR) is 102 cm³/mol. The molecule has 1 aromatic carbocycles. The maximum Gasteiger partial charge on any atom is 0.274 e. The Morgan fingerprint density at radius 3 is 2.96 bits per heavy atom. The number of carbonyl (C=O) groups excluding carboxylic acids is 1. The van der Waals surface area contributed by atoms with Gasteiger partial charge in [-0.25, -0.2) is 4.68 Å². The fraction of sp³-hybridized carbons (Fsp3) is 0.300. The number of ether oxygens (including phenoxy) is 1. The van der Waals surface area contributed by atoms with E-state index in [-0.39, 0.29) is 11.9 Å². The third-order valence-corrected chi connectivity index (χ3v) is 5.53. The van der Waals surface area contributed by atoms with Gasteiger partial charge in [-0.2, -0.15) is 16.4 Å². The van der Waals surface area contributed by atoms with Gasteiger partial charge >= 0.3 is 0 Å². The number of amides is 1. The van der Waals surface area contributed by atoms with Crippen molar-refractivity contribution < 1.29 is 9.53 Å². The molecule has 0 spiro atoms. The van der Waals surface area contributed by atoms with E-state index >= 15 is 0 Å². The van der Waals surface area contributed by atoms with Crippen LogP contribution in [0.1, 0.15) is 40.5 Å². The zero-order valence-corrected chi connectivity index (χ0v) is 15.7. The number of hydrogen-bond donors (Lipinski definition) is 0. The summed E-state index contributed by atoms with van der Waals surface area (Å²) in [5.41, 5.74) is 3.64. The molecule has 0 radical (unpaired) electrons. The first-order valence-electron chi connectivity index (χ1n) is 8.71. The molecule has 0 aliphatic carbocycles. The van der Waals surface area contributed by atoms with Crippen LogP contribution in [0.4, 0.5) is 0 Å². The van der Waals surface area contributed by atoms with Crippen LogP contribution in [0.25, 0.3) is 5.69 Å². The molecular formula is C20H21N3O2S. The SMILES string of the molecule is COc1ccc(C)cc1-n1ccc(C(=O)N2CCCC2c2ccsc2)n1. The second-order valence-corrected chi connectivity index (χ2v) is 7.31. The van der Waals surface area contributed by atoms with Gasteiger partial charge in [-0.05, 0) is 65.9 Å². The molecule has 1 atom stereocenters. The molecule has 1 aliphatic heterocycles. The minimum absolute atomic E-state index is 0.0101. The molecule has 4 rings (SSSR count). The molecular weight excluding hydrogens is 346 g/mol. The van der Waals surface area contributed by atoms with Crippen LogP contribution in [-0.4, -0.2) is 34.2 Å². The Morgan fingerprint density at radius 2 is 2.19 bits per heavy atom. The summed E-state index contributed by atoms with van der Waals surface area (Å²) in [6.45, 7) is 2.80. The predicted octanol–water partition coefficient (Wildman–Crippen LogP) is 4.23. The van der Waals surface area contributed by atoms with Gasteiger partial charge in [0.1, 0.15) is 11.4 Å². The summed E-state index contributed by atoms with van der Waals surface area (Å²) in [6, 6.07) is 9.97. The van der Waals surface area contributed by atoms with E-state index in [1.54, 1.807) is 29.2 Å².